The molecule has 0 aromatic carbocycles. The third-order valence-electron chi connectivity index (χ3n) is 8.13. The minimum atomic E-state index is -0.0502. The minimum absolute atomic E-state index is 0.0502. The van der Waals surface area contributed by atoms with Gasteiger partial charge in [0, 0.05) is 31.3 Å². The molecule has 40 heavy (non-hydrogen) atoms. The van der Waals surface area contributed by atoms with Crippen LogP contribution in [0, 0.1) is 5.92 Å². The molecular weight excluding hydrogens is 562 g/mol. The smallest absolute Gasteiger partial charge is 0.305 e. The molecule has 0 radical (unpaired) electrons. The summed E-state index contributed by atoms with van der Waals surface area (Å²) >= 11 is 3.49. The maximum absolute atomic E-state index is 12.9. The molecule has 0 bridgehead atoms. The lowest BCUT2D eigenvalue weighted by Crippen LogP contribution is -2.33. The highest BCUT2D eigenvalue weighted by Gasteiger charge is 2.15. The third kappa shape index (κ3) is 26.3. The predicted octanol–water partition coefficient (Wildman–Crippen LogP) is 11.2. The number of esters is 1. The van der Waals surface area contributed by atoms with Gasteiger partial charge in [-0.25, -0.2) is 0 Å². The molecule has 0 fully saturated rings. The van der Waals surface area contributed by atoms with Crippen molar-refractivity contribution in [2.45, 2.75) is 181 Å². The highest BCUT2D eigenvalue weighted by Crippen LogP contribution is 2.20. The topological polar surface area (TPSA) is 46.6 Å². The minimum Gasteiger partial charge on any atom is -0.465 e. The number of ether oxygens (including phenoxy) is 1. The van der Waals surface area contributed by atoms with Crippen molar-refractivity contribution in [1.82, 2.24) is 4.90 Å². The molecule has 0 aromatic heterocycles. The first-order valence-corrected chi connectivity index (χ1v) is 18.7. The molecule has 1 atom stereocenters. The fourth-order valence-electron chi connectivity index (χ4n) is 5.39. The van der Waals surface area contributed by atoms with Gasteiger partial charge >= 0.3 is 5.97 Å². The lowest BCUT2D eigenvalue weighted by molar-refractivity contribution is -0.145. The number of halogens is 1. The van der Waals surface area contributed by atoms with Crippen LogP contribution in [-0.2, 0) is 14.3 Å². The Kier molecular flexibility index (Phi) is 30.9. The Bertz CT molecular complexity index is 557. The predicted molar refractivity (Wildman–Crippen MR) is 177 cm³/mol. The van der Waals surface area contributed by atoms with Crippen LogP contribution in [0.1, 0.15) is 181 Å². The fraction of sp³-hybridized carbons (Fsp3) is 0.943. The van der Waals surface area contributed by atoms with E-state index in [4.69, 9.17) is 4.74 Å². The Hall–Kier alpha value is -0.580. The zero-order valence-corrected chi connectivity index (χ0v) is 28.7. The summed E-state index contributed by atoms with van der Waals surface area (Å²) in [5.74, 6) is 0.772. The molecule has 0 heterocycles. The fourth-order valence-corrected chi connectivity index (χ4v) is 5.79. The van der Waals surface area contributed by atoms with E-state index in [2.05, 4.69) is 41.6 Å². The van der Waals surface area contributed by atoms with E-state index in [1.165, 1.54) is 116 Å². The van der Waals surface area contributed by atoms with Gasteiger partial charge in [0.05, 0.1) is 6.61 Å². The number of nitrogens with zero attached hydrogens (tertiary/aromatic N) is 1. The summed E-state index contributed by atoms with van der Waals surface area (Å²) in [6.07, 6.45) is 28.8. The van der Waals surface area contributed by atoms with E-state index in [1.54, 1.807) is 0 Å². The van der Waals surface area contributed by atoms with Crippen LogP contribution in [0.15, 0.2) is 0 Å². The first-order chi connectivity index (χ1) is 19.6. The number of unbranched alkanes of at least 4 members (excludes halogenated alkanes) is 16. The SMILES string of the molecule is CCCCCCCCC(CCCCCC)COC(=O)CCCCN(CCCCCC)C(=O)CCCCCCCBr. The van der Waals surface area contributed by atoms with Crippen molar-refractivity contribution in [2.24, 2.45) is 5.92 Å². The highest BCUT2D eigenvalue weighted by atomic mass is 79.9. The van der Waals surface area contributed by atoms with Gasteiger partial charge in [0.1, 0.15) is 0 Å². The number of hydrogen-bond acceptors (Lipinski definition) is 3. The van der Waals surface area contributed by atoms with Crippen LogP contribution in [0.25, 0.3) is 0 Å². The lowest BCUT2D eigenvalue weighted by Gasteiger charge is -2.23. The van der Waals surface area contributed by atoms with Gasteiger partial charge in [-0.15, -0.1) is 0 Å². The van der Waals surface area contributed by atoms with Gasteiger partial charge < -0.3 is 9.64 Å². The molecule has 1 unspecified atom stereocenters. The summed E-state index contributed by atoms with van der Waals surface area (Å²) in [5, 5.41) is 1.07. The van der Waals surface area contributed by atoms with Crippen LogP contribution in [0.5, 0.6) is 0 Å². The van der Waals surface area contributed by atoms with Gasteiger partial charge in [0.25, 0.3) is 0 Å². The maximum atomic E-state index is 12.9. The molecule has 4 nitrogen and oxygen atoms in total. The van der Waals surface area contributed by atoms with Gasteiger partial charge in [0.2, 0.25) is 5.91 Å². The van der Waals surface area contributed by atoms with Crippen molar-refractivity contribution in [2.75, 3.05) is 25.0 Å². The number of amides is 1. The Balaban J connectivity index is 4.39. The zero-order valence-electron chi connectivity index (χ0n) is 27.1. The van der Waals surface area contributed by atoms with Crippen molar-refractivity contribution in [1.29, 1.82) is 0 Å². The first-order valence-electron chi connectivity index (χ1n) is 17.6. The molecule has 0 saturated carbocycles. The molecule has 0 aliphatic carbocycles. The Morgan fingerprint density at radius 1 is 0.575 bits per heavy atom. The maximum Gasteiger partial charge on any atom is 0.305 e. The van der Waals surface area contributed by atoms with Crippen molar-refractivity contribution in [3.8, 4) is 0 Å². The molecule has 0 spiro atoms. The van der Waals surface area contributed by atoms with Crippen LogP contribution >= 0.6 is 15.9 Å². The number of carbonyl (C=O) groups excluding carboxylic acids is 2. The monoisotopic (exact) mass is 629 g/mol. The van der Waals surface area contributed by atoms with Gasteiger partial charge in [-0.3, -0.25) is 9.59 Å². The molecule has 0 saturated heterocycles. The molecule has 0 aliphatic rings. The second-order valence-corrected chi connectivity index (χ2v) is 12.9. The van der Waals surface area contributed by atoms with E-state index in [0.29, 0.717) is 31.3 Å². The van der Waals surface area contributed by atoms with Crippen molar-refractivity contribution < 1.29 is 14.3 Å². The lowest BCUT2D eigenvalue weighted by atomic mass is 9.95. The summed E-state index contributed by atoms with van der Waals surface area (Å²) in [6.45, 7) is 8.98. The van der Waals surface area contributed by atoms with E-state index in [0.717, 1.165) is 50.5 Å². The van der Waals surface area contributed by atoms with Crippen LogP contribution in [0.2, 0.25) is 0 Å². The molecular formula is C35H68BrNO3. The van der Waals surface area contributed by atoms with Gasteiger partial charge in [-0.2, -0.15) is 0 Å². The third-order valence-corrected chi connectivity index (χ3v) is 8.69. The Morgan fingerprint density at radius 2 is 1.02 bits per heavy atom. The van der Waals surface area contributed by atoms with Gasteiger partial charge in [-0.05, 0) is 50.9 Å². The average Bonchev–Trinajstić information content (AvgIpc) is 2.96. The number of hydrogen-bond donors (Lipinski definition) is 0. The number of carbonyl (C=O) groups is 2. The van der Waals surface area contributed by atoms with E-state index in [1.807, 2.05) is 0 Å². The standard InChI is InChI=1S/C35H68BrNO3/c1-4-7-10-13-15-19-26-33(25-18-11-8-5-2)32-40-35(39)28-21-24-31-37(30-23-12-9-6-3)34(38)27-20-16-14-17-22-29-36/h33H,4-32H2,1-3H3. The summed E-state index contributed by atoms with van der Waals surface area (Å²) in [7, 11) is 0. The molecule has 5 heteroatoms. The Morgan fingerprint density at radius 3 is 1.62 bits per heavy atom. The van der Waals surface area contributed by atoms with E-state index in [-0.39, 0.29) is 5.97 Å². The molecule has 0 aliphatic heterocycles. The van der Waals surface area contributed by atoms with Crippen LogP contribution in [0.3, 0.4) is 0 Å². The first kappa shape index (κ1) is 39.4. The summed E-state index contributed by atoms with van der Waals surface area (Å²) < 4.78 is 5.77. The summed E-state index contributed by atoms with van der Waals surface area (Å²) in [5.41, 5.74) is 0. The zero-order chi connectivity index (χ0) is 29.5. The second-order valence-electron chi connectivity index (χ2n) is 12.1. The van der Waals surface area contributed by atoms with Crippen LogP contribution in [-0.4, -0.2) is 41.8 Å². The van der Waals surface area contributed by atoms with Crippen molar-refractivity contribution in [3.63, 3.8) is 0 Å². The van der Waals surface area contributed by atoms with Crippen molar-refractivity contribution >= 4 is 27.8 Å². The molecule has 238 valence electrons. The highest BCUT2D eigenvalue weighted by molar-refractivity contribution is 9.09. The summed E-state index contributed by atoms with van der Waals surface area (Å²) in [6, 6.07) is 0. The molecule has 0 N–H and O–H groups in total. The number of rotatable bonds is 31. The largest absolute Gasteiger partial charge is 0.465 e. The molecule has 0 aromatic rings. The van der Waals surface area contributed by atoms with E-state index in [9.17, 15) is 9.59 Å². The second kappa shape index (κ2) is 31.4. The normalized spacial score (nSPS) is 12.0. The quantitative estimate of drug-likeness (QED) is 0.0435. The Labute approximate surface area is 258 Å². The molecule has 1 amide bonds. The van der Waals surface area contributed by atoms with Crippen molar-refractivity contribution in [3.05, 3.63) is 0 Å². The van der Waals surface area contributed by atoms with Crippen LogP contribution in [0.4, 0.5) is 0 Å². The van der Waals surface area contributed by atoms with Crippen LogP contribution < -0.4 is 0 Å². The van der Waals surface area contributed by atoms with E-state index < -0.39 is 0 Å². The molecule has 0 rings (SSSR count). The summed E-state index contributed by atoms with van der Waals surface area (Å²) in [4.78, 5) is 27.5. The number of alkyl halides is 1. The van der Waals surface area contributed by atoms with Gasteiger partial charge in [0.15, 0.2) is 0 Å². The average molecular weight is 631 g/mol. The van der Waals surface area contributed by atoms with Gasteiger partial charge in [-0.1, -0.05) is 139 Å². The van der Waals surface area contributed by atoms with E-state index >= 15 is 0 Å².